The molecule has 9 nitrogen and oxygen atoms in total. The Morgan fingerprint density at radius 2 is 0.582 bits per heavy atom. The highest BCUT2D eigenvalue weighted by Gasteiger charge is 2.27. The first-order valence-electron chi connectivity index (χ1n) is 40.6. The maximum atomic E-state index is 12.9. The lowest BCUT2D eigenvalue weighted by Gasteiger charge is -2.24. The van der Waals surface area contributed by atoms with Gasteiger partial charge in [0, 0.05) is 12.8 Å². The van der Waals surface area contributed by atoms with E-state index < -0.39 is 26.5 Å². The number of hydrogen-bond acceptors (Lipinski definition) is 7. The van der Waals surface area contributed by atoms with Gasteiger partial charge in [-0.2, -0.15) is 0 Å². The molecule has 1 N–H and O–H groups in total. The van der Waals surface area contributed by atoms with Crippen LogP contribution < -0.4 is 0 Å². The van der Waals surface area contributed by atoms with Crippen LogP contribution in [0.3, 0.4) is 0 Å². The number of carbonyl (C=O) groups excluding carboxylic acids is 2. The fraction of sp³-hybridized carbons (Fsp3) is 0.705. The molecule has 98 heavy (non-hydrogen) atoms. The van der Waals surface area contributed by atoms with Crippen molar-refractivity contribution < 1.29 is 42.1 Å². The van der Waals surface area contributed by atoms with Crippen LogP contribution in [-0.2, 0) is 32.7 Å². The first-order valence-corrected chi connectivity index (χ1v) is 42.1. The van der Waals surface area contributed by atoms with Crippen molar-refractivity contribution >= 4 is 19.8 Å². The summed E-state index contributed by atoms with van der Waals surface area (Å²) in [6.07, 6.45) is 114. The van der Waals surface area contributed by atoms with Crippen molar-refractivity contribution in [1.29, 1.82) is 0 Å². The van der Waals surface area contributed by atoms with Gasteiger partial charge in [0.15, 0.2) is 6.10 Å². The van der Waals surface area contributed by atoms with Gasteiger partial charge >= 0.3 is 19.8 Å². The molecule has 10 heteroatoms. The van der Waals surface area contributed by atoms with Crippen molar-refractivity contribution in [2.45, 2.75) is 354 Å². The van der Waals surface area contributed by atoms with Gasteiger partial charge in [-0.1, -0.05) is 359 Å². The SMILES string of the molecule is CC/C=C\C/C=C\C/C=C\C/C=C\C/C=C\C/C=C\C/C=C\C/C=C\C/C=C\C/C=C\C/C=C\CCCCCC(=O)OC(COC(=O)CCCCCCCCCCCCCCCCCCCCCCCCCCC/C=C\CCCCCCCCCC)COP(=O)(O)OCC[N+](C)(C)C. The van der Waals surface area contributed by atoms with Crippen LogP contribution >= 0.6 is 7.82 Å². The summed E-state index contributed by atoms with van der Waals surface area (Å²) in [5.74, 6) is -0.833. The van der Waals surface area contributed by atoms with Crippen LogP contribution in [0.1, 0.15) is 348 Å². The number of carbonyl (C=O) groups is 2. The molecule has 0 radical (unpaired) electrons. The van der Waals surface area contributed by atoms with Crippen LogP contribution in [0, 0.1) is 0 Å². The number of likely N-dealkylation sites (N-methyl/N-ethyl adjacent to an activating group) is 1. The molecule has 562 valence electrons. The molecule has 0 aliphatic carbocycles. The molecular weight excluding hydrogens is 1230 g/mol. The van der Waals surface area contributed by atoms with Crippen LogP contribution in [0.2, 0.25) is 0 Å². The first-order chi connectivity index (χ1) is 48.0. The van der Waals surface area contributed by atoms with E-state index in [1.807, 2.05) is 21.1 Å². The number of phosphoric ester groups is 1. The molecule has 0 heterocycles. The average Bonchev–Trinajstić information content (AvgIpc) is 1.08. The van der Waals surface area contributed by atoms with E-state index in [2.05, 4.69) is 160 Å². The van der Waals surface area contributed by atoms with Crippen LogP contribution in [0.5, 0.6) is 0 Å². The van der Waals surface area contributed by atoms with E-state index in [4.69, 9.17) is 18.5 Å². The van der Waals surface area contributed by atoms with Crippen LogP contribution in [0.4, 0.5) is 0 Å². The number of rotatable bonds is 74. The molecule has 0 aromatic rings. The Balaban J connectivity index is 4.06. The molecule has 0 saturated carbocycles. The summed E-state index contributed by atoms with van der Waals surface area (Å²) >= 11 is 0. The zero-order chi connectivity index (χ0) is 71.1. The number of hydrogen-bond donors (Lipinski definition) is 1. The monoisotopic (exact) mass is 1380 g/mol. The van der Waals surface area contributed by atoms with Crippen LogP contribution in [0.15, 0.2) is 146 Å². The number of quaternary nitrogens is 1. The highest BCUT2D eigenvalue weighted by atomic mass is 31.2. The van der Waals surface area contributed by atoms with Gasteiger partial charge in [-0.25, -0.2) is 4.57 Å². The molecule has 0 fully saturated rings. The highest BCUT2D eigenvalue weighted by molar-refractivity contribution is 7.47. The van der Waals surface area contributed by atoms with E-state index >= 15 is 0 Å². The van der Waals surface area contributed by atoms with Crippen molar-refractivity contribution in [2.75, 3.05) is 47.5 Å². The predicted molar refractivity (Wildman–Crippen MR) is 427 cm³/mol. The van der Waals surface area contributed by atoms with E-state index in [0.29, 0.717) is 17.4 Å². The van der Waals surface area contributed by atoms with E-state index in [-0.39, 0.29) is 32.0 Å². The van der Waals surface area contributed by atoms with Crippen LogP contribution in [-0.4, -0.2) is 74.9 Å². The molecule has 0 amide bonds. The van der Waals surface area contributed by atoms with E-state index in [1.54, 1.807) is 0 Å². The van der Waals surface area contributed by atoms with Crippen LogP contribution in [0.25, 0.3) is 0 Å². The summed E-state index contributed by atoms with van der Waals surface area (Å²) < 4.78 is 34.8. The minimum Gasteiger partial charge on any atom is -0.462 e. The van der Waals surface area contributed by atoms with Gasteiger partial charge in [-0.3, -0.25) is 18.6 Å². The van der Waals surface area contributed by atoms with Gasteiger partial charge in [0.1, 0.15) is 19.8 Å². The largest absolute Gasteiger partial charge is 0.472 e. The molecule has 2 atom stereocenters. The normalized spacial score (nSPS) is 13.8. The summed E-state index contributed by atoms with van der Waals surface area (Å²) in [6.45, 7) is 4.30. The standard InChI is InChI=1S/C88H152NO8P/c1-6-8-10-12-14-16-18-20-22-24-26-28-30-32-34-36-38-40-42-44-46-48-50-52-54-56-58-60-62-64-66-68-70-72-74-76-78-80-87(90)94-84-86(85-96-98(92,93)95-83-82-89(3,4)5)97-88(91)81-79-77-75-73-71-69-67-65-63-61-59-57-55-53-51-49-47-45-43-41-39-37-35-33-31-29-27-25-23-21-19-17-15-13-11-9-7-2/h9,11,15,17,21,23-24,26-27,29,33,35,39,41,45,47,51,53,57,59,63,65,69,71,86H,6-8,10,12-14,16,18-20,22,25,28,30-32,34,36-38,40,42-44,46,48-50,52,54-56,58,60-62,64,66-68,70,72-85H2,1-5H3/p+1/b11-9-,17-15-,23-21-,26-24-,29-27-,35-33-,41-39-,47-45-,53-51-,59-57-,65-63-,71-69-. The fourth-order valence-corrected chi connectivity index (χ4v) is 11.9. The molecule has 0 aromatic carbocycles. The van der Waals surface area contributed by atoms with Gasteiger partial charge < -0.3 is 18.9 Å². The summed E-state index contributed by atoms with van der Waals surface area (Å²) in [5, 5.41) is 0. The summed E-state index contributed by atoms with van der Waals surface area (Å²) in [5.41, 5.74) is 0. The van der Waals surface area contributed by atoms with E-state index in [9.17, 15) is 19.0 Å². The van der Waals surface area contributed by atoms with Gasteiger partial charge in [0.05, 0.1) is 27.7 Å². The molecule has 0 aliphatic rings. The summed E-state index contributed by atoms with van der Waals surface area (Å²) in [7, 11) is 1.45. The number of allylic oxidation sites excluding steroid dienone is 24. The molecule has 0 aliphatic heterocycles. The minimum atomic E-state index is -4.41. The third-order valence-corrected chi connectivity index (χ3v) is 18.3. The fourth-order valence-electron chi connectivity index (χ4n) is 11.2. The Kier molecular flexibility index (Phi) is 73.8. The van der Waals surface area contributed by atoms with Gasteiger partial charge in [0.2, 0.25) is 0 Å². The van der Waals surface area contributed by atoms with Crippen molar-refractivity contribution in [3.05, 3.63) is 146 Å². The molecule has 0 spiro atoms. The van der Waals surface area contributed by atoms with Gasteiger partial charge in [-0.05, 0) is 122 Å². The Hall–Kier alpha value is -4.11. The molecule has 0 rings (SSSR count). The van der Waals surface area contributed by atoms with Gasteiger partial charge in [-0.15, -0.1) is 0 Å². The Morgan fingerprint density at radius 1 is 0.327 bits per heavy atom. The Bertz CT molecular complexity index is 2170. The van der Waals surface area contributed by atoms with Crippen molar-refractivity contribution in [3.8, 4) is 0 Å². The maximum Gasteiger partial charge on any atom is 0.472 e. The smallest absolute Gasteiger partial charge is 0.462 e. The number of esters is 2. The zero-order valence-corrected chi connectivity index (χ0v) is 65.1. The lowest BCUT2D eigenvalue weighted by atomic mass is 10.0. The average molecular weight is 1380 g/mol. The lowest BCUT2D eigenvalue weighted by molar-refractivity contribution is -0.870. The number of ether oxygens (including phenoxy) is 2. The quantitative estimate of drug-likeness (QED) is 0.0211. The van der Waals surface area contributed by atoms with Crippen molar-refractivity contribution in [2.24, 2.45) is 0 Å². The van der Waals surface area contributed by atoms with Crippen molar-refractivity contribution in [1.82, 2.24) is 0 Å². The van der Waals surface area contributed by atoms with Crippen molar-refractivity contribution in [3.63, 3.8) is 0 Å². The molecule has 0 aromatic heterocycles. The maximum absolute atomic E-state index is 12.9. The minimum absolute atomic E-state index is 0.0189. The van der Waals surface area contributed by atoms with E-state index in [0.717, 1.165) is 109 Å². The third-order valence-electron chi connectivity index (χ3n) is 17.4. The molecular formula is C88H153NO8P+. The number of phosphoric acid groups is 1. The summed E-state index contributed by atoms with van der Waals surface area (Å²) in [6, 6.07) is 0. The second-order valence-electron chi connectivity index (χ2n) is 28.1. The second-order valence-corrected chi connectivity index (χ2v) is 29.5. The topological polar surface area (TPSA) is 108 Å². The Morgan fingerprint density at radius 3 is 0.888 bits per heavy atom. The molecule has 2 unspecified atom stereocenters. The first kappa shape index (κ1) is 93.9. The summed E-state index contributed by atoms with van der Waals surface area (Å²) in [4.78, 5) is 36.0. The zero-order valence-electron chi connectivity index (χ0n) is 64.2. The van der Waals surface area contributed by atoms with Gasteiger partial charge in [0.25, 0.3) is 0 Å². The third kappa shape index (κ3) is 80.9. The number of unbranched alkanes of at least 4 members (excludes halogenated alkanes) is 36. The second kappa shape index (κ2) is 77.1. The number of nitrogens with zero attached hydrogens (tertiary/aromatic N) is 1. The lowest BCUT2D eigenvalue weighted by Crippen LogP contribution is -2.37. The molecule has 0 bridgehead atoms. The predicted octanol–water partition coefficient (Wildman–Crippen LogP) is 27.3. The Labute approximate surface area is 605 Å². The highest BCUT2D eigenvalue weighted by Crippen LogP contribution is 2.43. The van der Waals surface area contributed by atoms with E-state index in [1.165, 1.54) is 205 Å². The molecule has 0 saturated heterocycles.